The first kappa shape index (κ1) is 17.8. The second-order valence-corrected chi connectivity index (χ2v) is 8.77. The minimum absolute atomic E-state index is 0.218. The van der Waals surface area contributed by atoms with Crippen molar-refractivity contribution in [2.45, 2.75) is 36.1 Å². The number of hydrogen-bond acceptors (Lipinski definition) is 4. The van der Waals surface area contributed by atoms with Gasteiger partial charge in [-0.1, -0.05) is 59.9 Å². The highest BCUT2D eigenvalue weighted by molar-refractivity contribution is 8.08. The molecule has 0 radical (unpaired) electrons. The Labute approximate surface area is 156 Å². The summed E-state index contributed by atoms with van der Waals surface area (Å²) in [5.74, 6) is -0.436. The van der Waals surface area contributed by atoms with Gasteiger partial charge in [0, 0.05) is 15.3 Å². The Morgan fingerprint density at radius 2 is 1.04 bits per heavy atom. The third kappa shape index (κ3) is 3.83. The van der Waals surface area contributed by atoms with Crippen LogP contribution in [0, 0.1) is 0 Å². The van der Waals surface area contributed by atoms with E-state index in [0.29, 0.717) is 9.81 Å². The molecule has 0 aromatic heterocycles. The average Bonchev–Trinajstić information content (AvgIpc) is 2.80. The van der Waals surface area contributed by atoms with Gasteiger partial charge in [-0.3, -0.25) is 14.5 Å². The normalized spacial score (nSPS) is 15.2. The number of carbonyl (C=O) groups is 2. The second-order valence-electron chi connectivity index (χ2n) is 6.61. The molecule has 1 aliphatic heterocycles. The van der Waals surface area contributed by atoms with Gasteiger partial charge in [0.2, 0.25) is 0 Å². The van der Waals surface area contributed by atoms with E-state index < -0.39 is 5.54 Å². The van der Waals surface area contributed by atoms with E-state index in [9.17, 15) is 9.59 Å². The summed E-state index contributed by atoms with van der Waals surface area (Å²) in [6.45, 7) is 5.64. The summed E-state index contributed by atoms with van der Waals surface area (Å²) < 4.78 is 0. The van der Waals surface area contributed by atoms with E-state index in [1.165, 1.54) is 28.4 Å². The van der Waals surface area contributed by atoms with E-state index in [1.54, 1.807) is 0 Å². The minimum atomic E-state index is -0.560. The largest absolute Gasteiger partial charge is 0.269 e. The minimum Gasteiger partial charge on any atom is -0.268 e. The molecule has 0 N–H and O–H groups in total. The number of nitrogens with zero attached hydrogens (tertiary/aromatic N) is 1. The summed E-state index contributed by atoms with van der Waals surface area (Å²) >= 11 is 2.71. The fourth-order valence-electron chi connectivity index (χ4n) is 2.49. The van der Waals surface area contributed by atoms with Crippen LogP contribution in [0.25, 0.3) is 0 Å². The van der Waals surface area contributed by atoms with E-state index in [4.69, 9.17) is 0 Å². The van der Waals surface area contributed by atoms with Gasteiger partial charge < -0.3 is 0 Å². The molecule has 2 aromatic carbocycles. The molecule has 1 heterocycles. The van der Waals surface area contributed by atoms with Crippen molar-refractivity contribution in [1.29, 1.82) is 0 Å². The zero-order chi connectivity index (χ0) is 18.0. The van der Waals surface area contributed by atoms with Gasteiger partial charge in [-0.25, -0.2) is 0 Å². The van der Waals surface area contributed by atoms with Gasteiger partial charge >= 0.3 is 0 Å². The van der Waals surface area contributed by atoms with Gasteiger partial charge in [0.05, 0.1) is 9.81 Å². The van der Waals surface area contributed by atoms with Crippen LogP contribution in [0.3, 0.4) is 0 Å². The third-order valence-electron chi connectivity index (χ3n) is 3.60. The molecule has 0 unspecified atom stereocenters. The van der Waals surface area contributed by atoms with Crippen molar-refractivity contribution in [2.75, 3.05) is 0 Å². The first-order valence-corrected chi connectivity index (χ1v) is 9.60. The number of hydrogen-bond donors (Lipinski definition) is 0. The maximum atomic E-state index is 13.0. The highest BCUT2D eigenvalue weighted by Crippen LogP contribution is 2.44. The molecular weight excluding hydrogens is 350 g/mol. The zero-order valence-electron chi connectivity index (χ0n) is 14.4. The number of carbonyl (C=O) groups excluding carboxylic acids is 2. The molecular formula is C20H19NO2S2. The number of thioether (sulfide) groups is 2. The van der Waals surface area contributed by atoms with Crippen molar-refractivity contribution in [1.82, 2.24) is 4.90 Å². The quantitative estimate of drug-likeness (QED) is 0.715. The molecule has 2 amide bonds. The molecule has 128 valence electrons. The van der Waals surface area contributed by atoms with Crippen LogP contribution in [0.2, 0.25) is 0 Å². The van der Waals surface area contributed by atoms with Gasteiger partial charge in [0.25, 0.3) is 11.8 Å². The lowest BCUT2D eigenvalue weighted by atomic mass is 10.1. The summed E-state index contributed by atoms with van der Waals surface area (Å²) in [5, 5.41) is 0. The van der Waals surface area contributed by atoms with Gasteiger partial charge in [0.1, 0.15) is 0 Å². The predicted molar refractivity (Wildman–Crippen MR) is 103 cm³/mol. The Bertz CT molecular complexity index is 760. The van der Waals surface area contributed by atoms with E-state index in [0.717, 1.165) is 9.79 Å². The molecule has 3 rings (SSSR count). The SMILES string of the molecule is CC(C)(C)N1C(=O)C(Sc2ccccc2)=C(Sc2ccccc2)C1=O. The molecule has 1 aliphatic rings. The molecule has 0 bridgehead atoms. The van der Waals surface area contributed by atoms with Gasteiger partial charge in [-0.2, -0.15) is 0 Å². The highest BCUT2D eigenvalue weighted by Gasteiger charge is 2.44. The zero-order valence-corrected chi connectivity index (χ0v) is 16.0. The maximum absolute atomic E-state index is 13.0. The topological polar surface area (TPSA) is 37.4 Å². The lowest BCUT2D eigenvalue weighted by molar-refractivity contribution is -0.142. The average molecular weight is 370 g/mol. The molecule has 0 saturated heterocycles. The van der Waals surface area contributed by atoms with Crippen molar-refractivity contribution in [3.05, 3.63) is 70.5 Å². The Morgan fingerprint density at radius 1 is 0.680 bits per heavy atom. The molecule has 25 heavy (non-hydrogen) atoms. The fourth-order valence-corrected chi connectivity index (χ4v) is 4.52. The number of amides is 2. The molecule has 0 fully saturated rings. The fraction of sp³-hybridized carbons (Fsp3) is 0.200. The standard InChI is InChI=1S/C20H19NO2S2/c1-20(2,3)21-18(22)16(24-14-10-6-4-7-11-14)17(19(21)23)25-15-12-8-5-9-13-15/h4-13H,1-3H3. The van der Waals surface area contributed by atoms with Crippen LogP contribution in [0.15, 0.2) is 80.3 Å². The molecule has 0 atom stereocenters. The lowest BCUT2D eigenvalue weighted by Gasteiger charge is -2.30. The van der Waals surface area contributed by atoms with Crippen molar-refractivity contribution in [3.8, 4) is 0 Å². The van der Waals surface area contributed by atoms with E-state index in [-0.39, 0.29) is 11.8 Å². The Balaban J connectivity index is 2.01. The van der Waals surface area contributed by atoms with Gasteiger partial charge in [-0.15, -0.1) is 0 Å². The molecule has 0 aliphatic carbocycles. The van der Waals surface area contributed by atoms with E-state index in [1.807, 2.05) is 81.4 Å². The molecule has 2 aromatic rings. The molecule has 0 spiro atoms. The summed E-state index contributed by atoms with van der Waals surface area (Å²) in [7, 11) is 0. The van der Waals surface area contributed by atoms with Crippen LogP contribution in [0.4, 0.5) is 0 Å². The summed E-state index contributed by atoms with van der Waals surface area (Å²) in [5.41, 5.74) is -0.560. The molecule has 0 saturated carbocycles. The summed E-state index contributed by atoms with van der Waals surface area (Å²) in [6.07, 6.45) is 0. The first-order valence-electron chi connectivity index (χ1n) is 7.97. The van der Waals surface area contributed by atoms with Crippen LogP contribution < -0.4 is 0 Å². The smallest absolute Gasteiger partial charge is 0.268 e. The summed E-state index contributed by atoms with van der Waals surface area (Å²) in [4.78, 5) is 30.2. The lowest BCUT2D eigenvalue weighted by Crippen LogP contribution is -2.46. The van der Waals surface area contributed by atoms with Crippen LogP contribution in [0.1, 0.15) is 20.8 Å². The van der Waals surface area contributed by atoms with Crippen LogP contribution in [0.5, 0.6) is 0 Å². The second kappa shape index (κ2) is 7.10. The highest BCUT2D eigenvalue weighted by atomic mass is 32.2. The third-order valence-corrected chi connectivity index (χ3v) is 5.91. The van der Waals surface area contributed by atoms with E-state index in [2.05, 4.69) is 0 Å². The van der Waals surface area contributed by atoms with Crippen LogP contribution in [-0.4, -0.2) is 22.3 Å². The van der Waals surface area contributed by atoms with Crippen molar-refractivity contribution in [2.24, 2.45) is 0 Å². The van der Waals surface area contributed by atoms with Gasteiger partial charge in [0.15, 0.2) is 0 Å². The summed E-state index contributed by atoms with van der Waals surface area (Å²) in [6, 6.07) is 19.3. The van der Waals surface area contributed by atoms with Crippen LogP contribution in [-0.2, 0) is 9.59 Å². The monoisotopic (exact) mass is 369 g/mol. The van der Waals surface area contributed by atoms with E-state index >= 15 is 0 Å². The molecule has 3 nitrogen and oxygen atoms in total. The number of rotatable bonds is 4. The number of benzene rings is 2. The Kier molecular flexibility index (Phi) is 5.06. The van der Waals surface area contributed by atoms with Crippen molar-refractivity contribution in [3.63, 3.8) is 0 Å². The first-order chi connectivity index (χ1) is 11.9. The predicted octanol–water partition coefficient (Wildman–Crippen LogP) is 4.95. The Morgan fingerprint density at radius 3 is 1.36 bits per heavy atom. The van der Waals surface area contributed by atoms with Crippen molar-refractivity contribution < 1.29 is 9.59 Å². The maximum Gasteiger partial charge on any atom is 0.269 e. The Hall–Kier alpha value is -1.98. The van der Waals surface area contributed by atoms with Crippen molar-refractivity contribution >= 4 is 35.3 Å². The van der Waals surface area contributed by atoms with Gasteiger partial charge in [-0.05, 0) is 45.0 Å². The molecule has 5 heteroatoms. The number of imide groups is 1. The van der Waals surface area contributed by atoms with Crippen LogP contribution >= 0.6 is 23.5 Å².